The molecule has 2 aromatic heterocycles. The van der Waals surface area contributed by atoms with Gasteiger partial charge in [-0.05, 0) is 48.5 Å². The van der Waals surface area contributed by atoms with Crippen molar-refractivity contribution >= 4 is 34.6 Å². The summed E-state index contributed by atoms with van der Waals surface area (Å²) in [5.74, 6) is -0.504. The molecule has 194 valence electrons. The molecule has 38 heavy (non-hydrogen) atoms. The minimum atomic E-state index is -0.252. The molecule has 0 aliphatic rings. The number of anilines is 2. The number of quaternary nitrogens is 2. The average molecular weight is 511 g/mol. The summed E-state index contributed by atoms with van der Waals surface area (Å²) >= 11 is 0. The summed E-state index contributed by atoms with van der Waals surface area (Å²) in [7, 11) is 12.5. The zero-order chi connectivity index (χ0) is 27.5. The van der Waals surface area contributed by atoms with E-state index >= 15 is 0 Å². The number of aromatic nitrogens is 2. The first-order valence-electron chi connectivity index (χ1n) is 12.3. The molecule has 0 spiro atoms. The zero-order valence-electron chi connectivity index (χ0n) is 22.7. The standard InChI is InChI=1S/C30H32N6O2/c1-35(2,3)25-11-7-23(8-12-25)33-29(37)21-15-17-31-27(19-21)28-20-22(16-18-32-28)30(38)34-24-9-13-26(14-10-24)36(4,5)6/h7-20H,1-6H3/p+2. The first kappa shape index (κ1) is 26.7. The summed E-state index contributed by atoms with van der Waals surface area (Å²) in [4.78, 5) is 34.6. The van der Waals surface area contributed by atoms with Crippen LogP contribution in [0, 0.1) is 0 Å². The molecule has 0 unspecified atom stereocenters. The summed E-state index contributed by atoms with van der Waals surface area (Å²) in [6.45, 7) is 0. The van der Waals surface area contributed by atoms with Crippen LogP contribution < -0.4 is 19.6 Å². The third-order valence-corrected chi connectivity index (χ3v) is 6.11. The Kier molecular flexibility index (Phi) is 7.39. The van der Waals surface area contributed by atoms with Crippen molar-refractivity contribution in [2.45, 2.75) is 0 Å². The van der Waals surface area contributed by atoms with Gasteiger partial charge in [-0.1, -0.05) is 0 Å². The Morgan fingerprint density at radius 2 is 0.895 bits per heavy atom. The van der Waals surface area contributed by atoms with E-state index in [4.69, 9.17) is 0 Å². The molecular formula is C30H34N6O2+2. The Hall–Kier alpha value is -4.40. The van der Waals surface area contributed by atoms with Crippen LogP contribution in [0.25, 0.3) is 11.4 Å². The average Bonchev–Trinajstić information content (AvgIpc) is 2.88. The van der Waals surface area contributed by atoms with Crippen molar-refractivity contribution in [2.75, 3.05) is 52.9 Å². The number of hydrogen-bond donors (Lipinski definition) is 2. The molecule has 8 heteroatoms. The van der Waals surface area contributed by atoms with Gasteiger partial charge >= 0.3 is 0 Å². The number of amides is 2. The second-order valence-electron chi connectivity index (χ2n) is 10.9. The van der Waals surface area contributed by atoms with Gasteiger partial charge in [-0.3, -0.25) is 28.5 Å². The fourth-order valence-corrected chi connectivity index (χ4v) is 3.81. The predicted molar refractivity (Wildman–Crippen MR) is 155 cm³/mol. The summed E-state index contributed by atoms with van der Waals surface area (Å²) in [5, 5.41) is 5.85. The molecule has 0 atom stereocenters. The molecule has 0 radical (unpaired) electrons. The SMILES string of the molecule is C[N+](C)(C)c1ccc(NC(=O)c2ccnc(-c3cc(C(=O)Nc4ccc([N+](C)(C)C)cc4)ccn3)c2)cc1. The van der Waals surface area contributed by atoms with Gasteiger partial charge in [0, 0.05) is 59.2 Å². The zero-order valence-corrected chi connectivity index (χ0v) is 22.7. The maximum atomic E-state index is 12.9. The van der Waals surface area contributed by atoms with Crippen LogP contribution in [0.4, 0.5) is 22.7 Å². The Labute approximate surface area is 223 Å². The molecule has 0 saturated heterocycles. The number of nitrogens with zero attached hydrogens (tertiary/aromatic N) is 4. The quantitative estimate of drug-likeness (QED) is 0.341. The molecule has 2 amide bonds. The second kappa shape index (κ2) is 10.5. The predicted octanol–water partition coefficient (Wildman–Crippen LogP) is 5.04. The van der Waals surface area contributed by atoms with E-state index in [1.54, 1.807) is 36.7 Å². The highest BCUT2D eigenvalue weighted by molar-refractivity contribution is 6.06. The molecule has 0 saturated carbocycles. The van der Waals surface area contributed by atoms with Crippen molar-refractivity contribution in [1.29, 1.82) is 0 Å². The molecular weight excluding hydrogens is 476 g/mol. The third kappa shape index (κ3) is 6.47. The van der Waals surface area contributed by atoms with Crippen LogP contribution in [0.15, 0.2) is 85.2 Å². The Morgan fingerprint density at radius 1 is 0.553 bits per heavy atom. The van der Waals surface area contributed by atoms with Gasteiger partial charge in [0.05, 0.1) is 53.7 Å². The normalized spacial score (nSPS) is 11.6. The molecule has 0 aliphatic heterocycles. The first-order chi connectivity index (χ1) is 17.9. The molecule has 0 aliphatic carbocycles. The number of benzene rings is 2. The van der Waals surface area contributed by atoms with Gasteiger partial charge in [-0.2, -0.15) is 0 Å². The lowest BCUT2D eigenvalue weighted by atomic mass is 10.1. The van der Waals surface area contributed by atoms with E-state index < -0.39 is 0 Å². The third-order valence-electron chi connectivity index (χ3n) is 6.11. The van der Waals surface area contributed by atoms with E-state index in [9.17, 15) is 9.59 Å². The summed E-state index contributed by atoms with van der Waals surface area (Å²) in [6.07, 6.45) is 3.13. The van der Waals surface area contributed by atoms with Crippen LogP contribution in [-0.2, 0) is 0 Å². The van der Waals surface area contributed by atoms with Crippen molar-refractivity contribution in [1.82, 2.24) is 18.9 Å². The van der Waals surface area contributed by atoms with Crippen molar-refractivity contribution in [2.24, 2.45) is 0 Å². The maximum Gasteiger partial charge on any atom is 0.255 e. The van der Waals surface area contributed by atoms with Crippen LogP contribution in [0.5, 0.6) is 0 Å². The summed E-state index contributed by atoms with van der Waals surface area (Å²) in [5.41, 5.74) is 5.56. The minimum absolute atomic E-state index is 0.252. The van der Waals surface area contributed by atoms with E-state index in [1.165, 1.54) is 0 Å². The Bertz CT molecular complexity index is 1340. The van der Waals surface area contributed by atoms with E-state index in [0.717, 1.165) is 11.4 Å². The topological polar surface area (TPSA) is 84.0 Å². The van der Waals surface area contributed by atoms with Gasteiger partial charge in [-0.15, -0.1) is 0 Å². The number of pyridine rings is 2. The van der Waals surface area contributed by atoms with Gasteiger partial charge in [0.1, 0.15) is 11.4 Å². The summed E-state index contributed by atoms with van der Waals surface area (Å²) < 4.78 is 1.38. The van der Waals surface area contributed by atoms with Gasteiger partial charge in [0.15, 0.2) is 0 Å². The Balaban J connectivity index is 1.48. The van der Waals surface area contributed by atoms with Crippen LogP contribution in [0.3, 0.4) is 0 Å². The van der Waals surface area contributed by atoms with Gasteiger partial charge in [0.25, 0.3) is 11.8 Å². The first-order valence-corrected chi connectivity index (χ1v) is 12.3. The van der Waals surface area contributed by atoms with E-state index in [0.29, 0.717) is 42.9 Å². The van der Waals surface area contributed by atoms with Crippen LogP contribution in [0.1, 0.15) is 20.7 Å². The molecule has 0 bridgehead atoms. The van der Waals surface area contributed by atoms with Crippen molar-refractivity contribution in [3.8, 4) is 11.4 Å². The molecule has 2 aromatic carbocycles. The summed E-state index contributed by atoms with van der Waals surface area (Å²) in [6, 6.07) is 22.2. The van der Waals surface area contributed by atoms with Gasteiger partial charge in [-0.25, -0.2) is 0 Å². The van der Waals surface area contributed by atoms with E-state index in [1.807, 2.05) is 48.5 Å². The number of carbonyl (C=O) groups excluding carboxylic acids is 2. The number of carbonyl (C=O) groups is 2. The fourth-order valence-electron chi connectivity index (χ4n) is 3.81. The highest BCUT2D eigenvalue weighted by atomic mass is 16.2. The smallest absolute Gasteiger partial charge is 0.255 e. The van der Waals surface area contributed by atoms with Crippen LogP contribution >= 0.6 is 0 Å². The van der Waals surface area contributed by atoms with E-state index in [2.05, 4.69) is 62.9 Å². The maximum absolute atomic E-state index is 12.9. The van der Waals surface area contributed by atoms with Crippen molar-refractivity contribution in [3.63, 3.8) is 0 Å². The largest absolute Gasteiger partial charge is 0.322 e. The lowest BCUT2D eigenvalue weighted by Gasteiger charge is -2.23. The minimum Gasteiger partial charge on any atom is -0.322 e. The van der Waals surface area contributed by atoms with Crippen LogP contribution in [-0.4, -0.2) is 64.1 Å². The van der Waals surface area contributed by atoms with E-state index in [-0.39, 0.29) is 11.8 Å². The number of nitrogens with one attached hydrogen (secondary N) is 2. The number of hydrogen-bond acceptors (Lipinski definition) is 4. The highest BCUT2D eigenvalue weighted by Gasteiger charge is 2.15. The molecule has 0 fully saturated rings. The number of rotatable bonds is 7. The van der Waals surface area contributed by atoms with Crippen molar-refractivity contribution < 1.29 is 9.59 Å². The van der Waals surface area contributed by atoms with Gasteiger partial charge < -0.3 is 10.6 Å². The van der Waals surface area contributed by atoms with Gasteiger partial charge in [0.2, 0.25) is 0 Å². The highest BCUT2D eigenvalue weighted by Crippen LogP contribution is 2.23. The molecule has 8 nitrogen and oxygen atoms in total. The van der Waals surface area contributed by atoms with Crippen LogP contribution in [0.2, 0.25) is 0 Å². The second-order valence-corrected chi connectivity index (χ2v) is 10.9. The lowest BCUT2D eigenvalue weighted by molar-refractivity contribution is 0.101. The molecule has 4 aromatic rings. The molecule has 4 rings (SSSR count). The lowest BCUT2D eigenvalue weighted by Crippen LogP contribution is -2.34. The molecule has 2 heterocycles. The van der Waals surface area contributed by atoms with Crippen molar-refractivity contribution in [3.05, 3.63) is 96.3 Å². The molecule has 2 N–H and O–H groups in total. The monoisotopic (exact) mass is 510 g/mol. The fraction of sp³-hybridized carbons (Fsp3) is 0.200. The Morgan fingerprint density at radius 3 is 1.21 bits per heavy atom.